The molecule has 0 atom stereocenters. The van der Waals surface area contributed by atoms with Crippen LogP contribution < -0.4 is 0 Å². The van der Waals surface area contributed by atoms with Gasteiger partial charge in [0.25, 0.3) is 0 Å². The highest BCUT2D eigenvalue weighted by molar-refractivity contribution is 5.18. The molecule has 0 N–H and O–H groups in total. The molecule has 1 rings (SSSR count). The Bertz CT molecular complexity index is 297. The summed E-state index contributed by atoms with van der Waals surface area (Å²) in [6.45, 7) is 2.88. The van der Waals surface area contributed by atoms with E-state index < -0.39 is 23.8 Å². The van der Waals surface area contributed by atoms with Gasteiger partial charge in [-0.1, -0.05) is 6.08 Å². The van der Waals surface area contributed by atoms with Crippen LogP contribution in [0.1, 0.15) is 6.42 Å². The van der Waals surface area contributed by atoms with Gasteiger partial charge in [-0.3, -0.25) is 0 Å². The molecule has 0 fully saturated rings. The smallest absolute Gasteiger partial charge is 0.422 e. The molecule has 1 aliphatic heterocycles. The predicted octanol–water partition coefficient (Wildman–Crippen LogP) is 2.98. The van der Waals surface area contributed by atoms with E-state index >= 15 is 0 Å². The van der Waals surface area contributed by atoms with Crippen molar-refractivity contribution in [1.82, 2.24) is 0 Å². The lowest BCUT2D eigenvalue weighted by Crippen LogP contribution is -2.26. The van der Waals surface area contributed by atoms with Crippen LogP contribution in [0.3, 0.4) is 0 Å². The lowest BCUT2D eigenvalue weighted by atomic mass is 10.4. The van der Waals surface area contributed by atoms with E-state index in [0.717, 1.165) is 0 Å². The molecule has 0 bridgehead atoms. The lowest BCUT2D eigenvalue weighted by Gasteiger charge is -2.13. The third-order valence-electron chi connectivity index (χ3n) is 1.54. The van der Waals surface area contributed by atoms with Gasteiger partial charge in [0, 0.05) is 0 Å². The lowest BCUT2D eigenvalue weighted by molar-refractivity contribution is -0.332. The Morgan fingerprint density at radius 2 is 1.87 bits per heavy atom. The van der Waals surface area contributed by atoms with Crippen molar-refractivity contribution in [1.29, 1.82) is 0 Å². The Kier molecular flexibility index (Phi) is 3.03. The van der Waals surface area contributed by atoms with Gasteiger partial charge in [-0.05, 0) is 6.42 Å². The summed E-state index contributed by atoms with van der Waals surface area (Å²) < 4.78 is 69.8. The van der Waals surface area contributed by atoms with Crippen molar-refractivity contribution < 1.29 is 31.4 Å². The molecule has 0 spiro atoms. The van der Waals surface area contributed by atoms with Crippen LogP contribution in [0, 0.1) is 0 Å². The zero-order chi connectivity index (χ0) is 11.7. The van der Waals surface area contributed by atoms with E-state index in [2.05, 4.69) is 16.1 Å². The molecule has 2 nitrogen and oxygen atoms in total. The summed E-state index contributed by atoms with van der Waals surface area (Å²) >= 11 is 0. The third kappa shape index (κ3) is 2.28. The summed E-state index contributed by atoms with van der Waals surface area (Å²) in [5.41, 5.74) is 0. The van der Waals surface area contributed by atoms with E-state index in [4.69, 9.17) is 0 Å². The van der Waals surface area contributed by atoms with Crippen molar-refractivity contribution in [2.45, 2.75) is 18.6 Å². The van der Waals surface area contributed by atoms with Gasteiger partial charge in [-0.15, -0.1) is 6.58 Å². The van der Waals surface area contributed by atoms with Crippen LogP contribution in [0.15, 0.2) is 24.2 Å². The summed E-state index contributed by atoms with van der Waals surface area (Å²) in [5, 5.41) is 0. The fraction of sp³-hybridized carbons (Fsp3) is 0.500. The summed E-state index contributed by atoms with van der Waals surface area (Å²) in [4.78, 5) is 0. The molecule has 7 heteroatoms. The molecule has 0 amide bonds. The first-order valence-corrected chi connectivity index (χ1v) is 3.91. The fourth-order valence-electron chi connectivity index (χ4n) is 0.904. The van der Waals surface area contributed by atoms with Crippen LogP contribution in [0.5, 0.6) is 0 Å². The van der Waals surface area contributed by atoms with Gasteiger partial charge in [0.1, 0.15) is 0 Å². The topological polar surface area (TPSA) is 18.5 Å². The van der Waals surface area contributed by atoms with Gasteiger partial charge in [-0.2, -0.15) is 22.0 Å². The van der Waals surface area contributed by atoms with E-state index in [-0.39, 0.29) is 13.0 Å². The Morgan fingerprint density at radius 1 is 1.27 bits per heavy atom. The van der Waals surface area contributed by atoms with Crippen molar-refractivity contribution in [2.75, 3.05) is 6.61 Å². The van der Waals surface area contributed by atoms with Crippen LogP contribution in [-0.4, -0.2) is 18.8 Å². The highest BCUT2D eigenvalue weighted by Gasteiger charge is 2.62. The van der Waals surface area contributed by atoms with E-state index in [0.29, 0.717) is 0 Å². The molecule has 0 saturated heterocycles. The van der Waals surface area contributed by atoms with E-state index in [1.807, 2.05) is 0 Å². The minimum Gasteiger partial charge on any atom is -0.487 e. The van der Waals surface area contributed by atoms with Crippen molar-refractivity contribution in [3.8, 4) is 0 Å². The van der Waals surface area contributed by atoms with Crippen molar-refractivity contribution in [2.24, 2.45) is 0 Å². The molecule has 1 heterocycles. The maximum Gasteiger partial charge on any atom is 0.422 e. The predicted molar refractivity (Wildman–Crippen MR) is 39.9 cm³/mol. The average molecular weight is 230 g/mol. The normalized spacial score (nSPS) is 23.0. The number of alkyl halides is 4. The molecule has 0 aromatic heterocycles. The molecular formula is C8H7F5O2. The SMILES string of the molecule is C=CCCOC1=C(F)C(F)(F)OC1(F)F. The van der Waals surface area contributed by atoms with Crippen LogP contribution >= 0.6 is 0 Å². The fourth-order valence-corrected chi connectivity index (χ4v) is 0.904. The Labute approximate surface area is 82.0 Å². The number of hydrogen-bond acceptors (Lipinski definition) is 2. The second-order valence-corrected chi connectivity index (χ2v) is 2.70. The largest absolute Gasteiger partial charge is 0.487 e. The van der Waals surface area contributed by atoms with Gasteiger partial charge in [-0.25, -0.2) is 4.74 Å². The molecule has 0 unspecified atom stereocenters. The summed E-state index contributed by atoms with van der Waals surface area (Å²) in [7, 11) is 0. The van der Waals surface area contributed by atoms with Crippen LogP contribution in [-0.2, 0) is 9.47 Å². The Balaban J connectivity index is 2.82. The maximum atomic E-state index is 12.7. The number of ether oxygens (including phenoxy) is 2. The zero-order valence-corrected chi connectivity index (χ0v) is 7.40. The Morgan fingerprint density at radius 3 is 2.27 bits per heavy atom. The highest BCUT2D eigenvalue weighted by Crippen LogP contribution is 2.47. The average Bonchev–Trinajstić information content (AvgIpc) is 2.23. The third-order valence-corrected chi connectivity index (χ3v) is 1.54. The molecule has 0 radical (unpaired) electrons. The first-order chi connectivity index (χ1) is 6.81. The van der Waals surface area contributed by atoms with E-state index in [1.54, 1.807) is 0 Å². The Hall–Kier alpha value is -1.11. The van der Waals surface area contributed by atoms with Gasteiger partial charge in [0.2, 0.25) is 11.6 Å². The van der Waals surface area contributed by atoms with Crippen LogP contribution in [0.2, 0.25) is 0 Å². The van der Waals surface area contributed by atoms with E-state index in [9.17, 15) is 22.0 Å². The molecular weight excluding hydrogens is 223 g/mol. The van der Waals surface area contributed by atoms with Crippen molar-refractivity contribution in [3.05, 3.63) is 24.2 Å². The summed E-state index contributed by atoms with van der Waals surface area (Å²) in [6.07, 6.45) is -7.63. The van der Waals surface area contributed by atoms with Gasteiger partial charge in [0.05, 0.1) is 6.61 Å². The second-order valence-electron chi connectivity index (χ2n) is 2.70. The minimum absolute atomic E-state index is 0.123. The van der Waals surface area contributed by atoms with Crippen LogP contribution in [0.25, 0.3) is 0 Å². The van der Waals surface area contributed by atoms with Crippen molar-refractivity contribution in [3.63, 3.8) is 0 Å². The van der Waals surface area contributed by atoms with E-state index in [1.165, 1.54) is 6.08 Å². The molecule has 15 heavy (non-hydrogen) atoms. The maximum absolute atomic E-state index is 12.7. The highest BCUT2D eigenvalue weighted by atomic mass is 19.3. The molecule has 0 aromatic rings. The molecule has 1 aliphatic rings. The van der Waals surface area contributed by atoms with Gasteiger partial charge >= 0.3 is 12.2 Å². The minimum atomic E-state index is -4.63. The molecule has 0 saturated carbocycles. The zero-order valence-electron chi connectivity index (χ0n) is 7.40. The van der Waals surface area contributed by atoms with Crippen molar-refractivity contribution >= 4 is 0 Å². The van der Waals surface area contributed by atoms with Crippen LogP contribution in [0.4, 0.5) is 22.0 Å². The van der Waals surface area contributed by atoms with Gasteiger partial charge in [0.15, 0.2) is 0 Å². The monoisotopic (exact) mass is 230 g/mol. The molecule has 86 valence electrons. The van der Waals surface area contributed by atoms with Gasteiger partial charge < -0.3 is 4.74 Å². The molecule has 0 aromatic carbocycles. The summed E-state index contributed by atoms with van der Waals surface area (Å²) in [5.74, 6) is -4.16. The summed E-state index contributed by atoms with van der Waals surface area (Å²) in [6, 6.07) is 0. The number of rotatable bonds is 4. The first kappa shape index (κ1) is 12.0. The quantitative estimate of drug-likeness (QED) is 0.420. The second kappa shape index (κ2) is 3.80. The number of hydrogen-bond donors (Lipinski definition) is 0. The standard InChI is InChI=1S/C8H7F5O2/c1-2-3-4-14-6-5(9)7(10,11)15-8(6,12)13/h2H,1,3-4H2. The first-order valence-electron chi connectivity index (χ1n) is 3.91. The molecule has 0 aliphatic carbocycles. The number of halogens is 5.